The van der Waals surface area contributed by atoms with Gasteiger partial charge in [-0.05, 0) is 37.1 Å². The molecule has 0 fully saturated rings. The number of amides is 1. The first-order chi connectivity index (χ1) is 9.93. The number of aliphatic carboxylic acids is 1. The lowest BCUT2D eigenvalue weighted by Crippen LogP contribution is -2.40. The Balaban J connectivity index is 2.69. The molecular weight excluding hydrogens is 286 g/mol. The molecule has 114 valence electrons. The summed E-state index contributed by atoms with van der Waals surface area (Å²) in [7, 11) is 0. The Labute approximate surface area is 129 Å². The highest BCUT2D eigenvalue weighted by Gasteiger charge is 2.19. The van der Waals surface area contributed by atoms with Gasteiger partial charge in [-0.2, -0.15) is 0 Å². The number of allylic oxidation sites excluding steroid dienone is 1. The van der Waals surface area contributed by atoms with Gasteiger partial charge in [-0.3, -0.25) is 4.79 Å². The molecule has 1 rings (SSSR count). The average Bonchev–Trinajstić information content (AvgIpc) is 2.43. The maximum absolute atomic E-state index is 12.0. The molecule has 2 N–H and O–H groups in total. The smallest absolute Gasteiger partial charge is 0.326 e. The topological polar surface area (TPSA) is 66.4 Å². The predicted molar refractivity (Wildman–Crippen MR) is 85.8 cm³/mol. The SMILES string of the molecule is C=CCCC(NC(=O)c1ccc(SC(C)C)cc1)C(=O)O. The first-order valence-corrected chi connectivity index (χ1v) is 7.73. The van der Waals surface area contributed by atoms with Crippen LogP contribution in [-0.4, -0.2) is 28.3 Å². The van der Waals surface area contributed by atoms with Crippen molar-refractivity contribution in [2.75, 3.05) is 0 Å². The van der Waals surface area contributed by atoms with E-state index >= 15 is 0 Å². The number of thioether (sulfide) groups is 1. The molecule has 1 aromatic rings. The third kappa shape index (κ3) is 6.04. The Morgan fingerprint density at radius 3 is 2.43 bits per heavy atom. The van der Waals surface area contributed by atoms with Gasteiger partial charge in [-0.15, -0.1) is 18.3 Å². The minimum absolute atomic E-state index is 0.339. The van der Waals surface area contributed by atoms with E-state index in [1.54, 1.807) is 30.0 Å². The molecule has 0 aliphatic rings. The fourth-order valence-electron chi connectivity index (χ4n) is 1.74. The van der Waals surface area contributed by atoms with Gasteiger partial charge in [-0.1, -0.05) is 19.9 Å². The highest BCUT2D eigenvalue weighted by molar-refractivity contribution is 7.99. The van der Waals surface area contributed by atoms with E-state index in [1.165, 1.54) is 0 Å². The largest absolute Gasteiger partial charge is 0.480 e. The fourth-order valence-corrected chi connectivity index (χ4v) is 2.58. The van der Waals surface area contributed by atoms with Crippen LogP contribution in [0.15, 0.2) is 41.8 Å². The zero-order valence-electron chi connectivity index (χ0n) is 12.3. The molecule has 1 aromatic carbocycles. The quantitative estimate of drug-likeness (QED) is 0.571. The Hall–Kier alpha value is -1.75. The number of rotatable bonds is 8. The minimum atomic E-state index is -1.03. The van der Waals surface area contributed by atoms with Crippen molar-refractivity contribution in [3.8, 4) is 0 Å². The zero-order chi connectivity index (χ0) is 15.8. The lowest BCUT2D eigenvalue weighted by molar-refractivity contribution is -0.139. The van der Waals surface area contributed by atoms with Crippen LogP contribution >= 0.6 is 11.8 Å². The maximum Gasteiger partial charge on any atom is 0.326 e. The van der Waals surface area contributed by atoms with E-state index in [4.69, 9.17) is 5.11 Å². The summed E-state index contributed by atoms with van der Waals surface area (Å²) in [5.74, 6) is -1.40. The molecule has 0 radical (unpaired) electrons. The number of carbonyl (C=O) groups excluding carboxylic acids is 1. The molecule has 0 aliphatic heterocycles. The van der Waals surface area contributed by atoms with Gasteiger partial charge in [-0.25, -0.2) is 4.79 Å². The van der Waals surface area contributed by atoms with Crippen LogP contribution in [0.2, 0.25) is 0 Å². The van der Waals surface area contributed by atoms with Crippen molar-refractivity contribution in [2.45, 2.75) is 42.9 Å². The Morgan fingerprint density at radius 1 is 1.33 bits per heavy atom. The molecule has 0 saturated heterocycles. The van der Waals surface area contributed by atoms with Gasteiger partial charge in [0, 0.05) is 15.7 Å². The fraction of sp³-hybridized carbons (Fsp3) is 0.375. The van der Waals surface area contributed by atoms with Crippen LogP contribution in [0.4, 0.5) is 0 Å². The Bertz CT molecular complexity index is 497. The lowest BCUT2D eigenvalue weighted by Gasteiger charge is -2.14. The van der Waals surface area contributed by atoms with Crippen LogP contribution in [0.25, 0.3) is 0 Å². The average molecular weight is 307 g/mol. The van der Waals surface area contributed by atoms with Crippen molar-refractivity contribution in [1.82, 2.24) is 5.32 Å². The maximum atomic E-state index is 12.0. The molecule has 0 aliphatic carbocycles. The van der Waals surface area contributed by atoms with E-state index in [0.29, 0.717) is 23.7 Å². The van der Waals surface area contributed by atoms with Gasteiger partial charge in [0.15, 0.2) is 0 Å². The predicted octanol–water partition coefficient (Wildman–Crippen LogP) is 3.34. The van der Waals surface area contributed by atoms with Gasteiger partial charge >= 0.3 is 5.97 Å². The lowest BCUT2D eigenvalue weighted by atomic mass is 10.1. The highest BCUT2D eigenvalue weighted by atomic mass is 32.2. The molecule has 1 unspecified atom stereocenters. The zero-order valence-corrected chi connectivity index (χ0v) is 13.2. The number of carboxylic acids is 1. The summed E-state index contributed by atoms with van der Waals surface area (Å²) in [6.07, 6.45) is 2.52. The summed E-state index contributed by atoms with van der Waals surface area (Å²) in [5.41, 5.74) is 0.466. The molecule has 0 aromatic heterocycles. The van der Waals surface area contributed by atoms with Gasteiger partial charge < -0.3 is 10.4 Å². The van der Waals surface area contributed by atoms with Crippen molar-refractivity contribution in [3.63, 3.8) is 0 Å². The van der Waals surface area contributed by atoms with Crippen molar-refractivity contribution < 1.29 is 14.7 Å². The molecular formula is C16H21NO3S. The van der Waals surface area contributed by atoms with Gasteiger partial charge in [0.1, 0.15) is 6.04 Å². The van der Waals surface area contributed by atoms with Crippen LogP contribution in [0.3, 0.4) is 0 Å². The number of carboxylic acid groups (broad SMARTS) is 1. The van der Waals surface area contributed by atoms with Gasteiger partial charge in [0.25, 0.3) is 5.91 Å². The van der Waals surface area contributed by atoms with Gasteiger partial charge in [0.05, 0.1) is 0 Å². The van der Waals surface area contributed by atoms with Crippen molar-refractivity contribution in [1.29, 1.82) is 0 Å². The summed E-state index contributed by atoms with van der Waals surface area (Å²) in [6, 6.07) is 6.29. The molecule has 1 atom stereocenters. The van der Waals surface area contributed by atoms with Crippen LogP contribution < -0.4 is 5.32 Å². The van der Waals surface area contributed by atoms with Crippen LogP contribution in [0, 0.1) is 0 Å². The van der Waals surface area contributed by atoms with E-state index in [0.717, 1.165) is 4.90 Å². The van der Waals surface area contributed by atoms with E-state index in [9.17, 15) is 9.59 Å². The van der Waals surface area contributed by atoms with Crippen LogP contribution in [0.1, 0.15) is 37.0 Å². The summed E-state index contributed by atoms with van der Waals surface area (Å²) in [5, 5.41) is 12.1. The second-order valence-corrected chi connectivity index (χ2v) is 6.57. The van der Waals surface area contributed by atoms with Crippen molar-refractivity contribution in [2.24, 2.45) is 0 Å². The minimum Gasteiger partial charge on any atom is -0.480 e. The molecule has 21 heavy (non-hydrogen) atoms. The number of nitrogens with one attached hydrogen (secondary N) is 1. The van der Waals surface area contributed by atoms with E-state index in [1.807, 2.05) is 12.1 Å². The Kier molecular flexibility index (Phi) is 7.02. The third-order valence-electron chi connectivity index (χ3n) is 2.75. The highest BCUT2D eigenvalue weighted by Crippen LogP contribution is 2.22. The van der Waals surface area contributed by atoms with E-state index in [2.05, 4.69) is 25.7 Å². The molecule has 0 bridgehead atoms. The number of hydrogen-bond donors (Lipinski definition) is 2. The molecule has 0 saturated carbocycles. The normalized spacial score (nSPS) is 12.0. The number of carbonyl (C=O) groups is 2. The molecule has 4 nitrogen and oxygen atoms in total. The molecule has 5 heteroatoms. The standard InChI is InChI=1S/C16H21NO3S/c1-4-5-6-14(16(19)20)17-15(18)12-7-9-13(10-8-12)21-11(2)3/h4,7-11,14H,1,5-6H2,2-3H3,(H,17,18)(H,19,20). The second kappa shape index (κ2) is 8.52. The van der Waals surface area contributed by atoms with Crippen LogP contribution in [0.5, 0.6) is 0 Å². The summed E-state index contributed by atoms with van der Waals surface area (Å²) in [6.45, 7) is 7.75. The first kappa shape index (κ1) is 17.3. The number of benzene rings is 1. The van der Waals surface area contributed by atoms with E-state index < -0.39 is 12.0 Å². The monoisotopic (exact) mass is 307 g/mol. The third-order valence-corrected chi connectivity index (χ3v) is 3.77. The summed E-state index contributed by atoms with van der Waals surface area (Å²) < 4.78 is 0. The van der Waals surface area contributed by atoms with Crippen LogP contribution in [-0.2, 0) is 4.79 Å². The Morgan fingerprint density at radius 2 is 1.95 bits per heavy atom. The molecule has 1 amide bonds. The first-order valence-electron chi connectivity index (χ1n) is 6.85. The van der Waals surface area contributed by atoms with Crippen molar-refractivity contribution in [3.05, 3.63) is 42.5 Å². The van der Waals surface area contributed by atoms with Gasteiger partial charge in [0.2, 0.25) is 0 Å². The van der Waals surface area contributed by atoms with Crippen molar-refractivity contribution >= 4 is 23.6 Å². The van der Waals surface area contributed by atoms with E-state index in [-0.39, 0.29) is 5.91 Å². The molecule has 0 heterocycles. The molecule has 0 spiro atoms. The summed E-state index contributed by atoms with van der Waals surface area (Å²) in [4.78, 5) is 24.2. The number of hydrogen-bond acceptors (Lipinski definition) is 3. The summed E-state index contributed by atoms with van der Waals surface area (Å²) >= 11 is 1.71. The second-order valence-electron chi connectivity index (χ2n) is 4.92.